The van der Waals surface area contributed by atoms with Crippen LogP contribution in [0.5, 0.6) is 0 Å². The second-order valence-corrected chi connectivity index (χ2v) is 5.33. The number of para-hydroxylation sites is 1. The van der Waals surface area contributed by atoms with Gasteiger partial charge in [0.05, 0.1) is 16.6 Å². The van der Waals surface area contributed by atoms with E-state index in [1.165, 1.54) is 6.07 Å². The maximum Gasteiger partial charge on any atom is 0.146 e. The molecule has 1 atom stereocenters. The Kier molecular flexibility index (Phi) is 5.28. The summed E-state index contributed by atoms with van der Waals surface area (Å²) >= 11 is 5.21. The van der Waals surface area contributed by atoms with Crippen molar-refractivity contribution in [3.05, 3.63) is 66.0 Å². The highest BCUT2D eigenvalue weighted by Crippen LogP contribution is 2.24. The van der Waals surface area contributed by atoms with Crippen LogP contribution in [0.2, 0.25) is 0 Å². The topological polar surface area (TPSA) is 29.3 Å². The van der Waals surface area contributed by atoms with Gasteiger partial charge in [0, 0.05) is 13.1 Å². The SMILES string of the molecule is CCN(CC(C(N)=S)c1ccccc1)c1ccccc1F. The first-order chi connectivity index (χ1) is 10.1. The van der Waals surface area contributed by atoms with E-state index in [0.717, 1.165) is 5.56 Å². The summed E-state index contributed by atoms with van der Waals surface area (Å²) in [5.41, 5.74) is 7.53. The van der Waals surface area contributed by atoms with Gasteiger partial charge in [-0.3, -0.25) is 0 Å². The summed E-state index contributed by atoms with van der Waals surface area (Å²) in [5.74, 6) is -0.324. The quantitative estimate of drug-likeness (QED) is 0.825. The maximum absolute atomic E-state index is 14.0. The minimum Gasteiger partial charge on any atom is -0.393 e. The van der Waals surface area contributed by atoms with Gasteiger partial charge >= 0.3 is 0 Å². The lowest BCUT2D eigenvalue weighted by atomic mass is 9.98. The standard InChI is InChI=1S/C17H19FN2S/c1-2-20(16-11-7-6-10-15(16)18)12-14(17(19)21)13-8-4-3-5-9-13/h3-11,14H,2,12H2,1H3,(H2,19,21). The summed E-state index contributed by atoms with van der Waals surface area (Å²) in [4.78, 5) is 2.39. The molecule has 0 saturated carbocycles. The lowest BCUT2D eigenvalue weighted by Crippen LogP contribution is -2.34. The van der Waals surface area contributed by atoms with Gasteiger partial charge in [-0.25, -0.2) is 4.39 Å². The van der Waals surface area contributed by atoms with E-state index in [4.69, 9.17) is 18.0 Å². The first kappa shape index (κ1) is 15.4. The highest BCUT2D eigenvalue weighted by atomic mass is 32.1. The molecule has 2 aromatic rings. The van der Waals surface area contributed by atoms with E-state index in [9.17, 15) is 4.39 Å². The maximum atomic E-state index is 14.0. The van der Waals surface area contributed by atoms with Crippen molar-refractivity contribution in [2.24, 2.45) is 5.73 Å². The number of rotatable bonds is 6. The molecule has 0 bridgehead atoms. The fourth-order valence-corrected chi connectivity index (χ4v) is 2.58. The van der Waals surface area contributed by atoms with Gasteiger partial charge in [-0.05, 0) is 24.6 Å². The van der Waals surface area contributed by atoms with Gasteiger partial charge in [-0.1, -0.05) is 54.7 Å². The van der Waals surface area contributed by atoms with Gasteiger partial charge in [-0.2, -0.15) is 0 Å². The Balaban J connectivity index is 2.27. The molecule has 2 N–H and O–H groups in total. The smallest absolute Gasteiger partial charge is 0.146 e. The van der Waals surface area contributed by atoms with E-state index in [-0.39, 0.29) is 11.7 Å². The third-order valence-corrected chi connectivity index (χ3v) is 3.81. The average Bonchev–Trinajstić information content (AvgIpc) is 2.50. The van der Waals surface area contributed by atoms with Crippen LogP contribution in [0.15, 0.2) is 54.6 Å². The molecule has 1 unspecified atom stereocenters. The summed E-state index contributed by atoms with van der Waals surface area (Å²) < 4.78 is 14.0. The van der Waals surface area contributed by atoms with E-state index in [2.05, 4.69) is 0 Å². The number of thiocarbonyl (C=S) groups is 1. The third kappa shape index (κ3) is 3.79. The Morgan fingerprint density at radius 2 is 1.76 bits per heavy atom. The summed E-state index contributed by atoms with van der Waals surface area (Å²) in [6.45, 7) is 3.25. The van der Waals surface area contributed by atoms with E-state index < -0.39 is 0 Å². The molecular formula is C17H19FN2S. The average molecular weight is 302 g/mol. The summed E-state index contributed by atoms with van der Waals surface area (Å²) in [5, 5.41) is 0. The molecule has 2 aromatic carbocycles. The molecule has 0 amide bonds. The molecule has 0 aliphatic heterocycles. The van der Waals surface area contributed by atoms with E-state index in [1.54, 1.807) is 12.1 Å². The van der Waals surface area contributed by atoms with Crippen LogP contribution in [0.3, 0.4) is 0 Å². The highest BCUT2D eigenvalue weighted by molar-refractivity contribution is 7.80. The Hall–Kier alpha value is -1.94. The van der Waals surface area contributed by atoms with Crippen molar-refractivity contribution < 1.29 is 4.39 Å². The second-order valence-electron chi connectivity index (χ2n) is 4.86. The number of hydrogen-bond acceptors (Lipinski definition) is 2. The zero-order chi connectivity index (χ0) is 15.2. The van der Waals surface area contributed by atoms with Crippen molar-refractivity contribution in [2.75, 3.05) is 18.0 Å². The minimum absolute atomic E-state index is 0.0965. The van der Waals surface area contributed by atoms with Gasteiger partial charge in [0.2, 0.25) is 0 Å². The van der Waals surface area contributed by atoms with Crippen LogP contribution in [-0.4, -0.2) is 18.1 Å². The highest BCUT2D eigenvalue weighted by Gasteiger charge is 2.19. The second kappa shape index (κ2) is 7.18. The molecule has 0 spiro atoms. The van der Waals surface area contributed by atoms with Gasteiger partial charge in [0.15, 0.2) is 0 Å². The molecule has 110 valence electrons. The molecule has 0 aliphatic rings. The molecule has 4 heteroatoms. The predicted octanol–water partition coefficient (Wildman–Crippen LogP) is 3.72. The number of nitrogens with zero attached hydrogens (tertiary/aromatic N) is 1. The molecular weight excluding hydrogens is 283 g/mol. The van der Waals surface area contributed by atoms with Gasteiger partial charge in [0.1, 0.15) is 5.82 Å². The zero-order valence-electron chi connectivity index (χ0n) is 12.0. The summed E-state index contributed by atoms with van der Waals surface area (Å²) in [7, 11) is 0. The van der Waals surface area contributed by atoms with Crippen LogP contribution < -0.4 is 10.6 Å². The van der Waals surface area contributed by atoms with Crippen molar-refractivity contribution in [3.63, 3.8) is 0 Å². The normalized spacial score (nSPS) is 11.9. The summed E-state index contributed by atoms with van der Waals surface area (Å²) in [6, 6.07) is 16.6. The van der Waals surface area contributed by atoms with Gasteiger partial charge < -0.3 is 10.6 Å². The van der Waals surface area contributed by atoms with E-state index in [1.807, 2.05) is 48.2 Å². The Morgan fingerprint density at radius 3 is 2.33 bits per heavy atom. The first-order valence-electron chi connectivity index (χ1n) is 6.97. The third-order valence-electron chi connectivity index (χ3n) is 3.52. The number of benzene rings is 2. The number of likely N-dealkylation sites (N-methyl/N-ethyl adjacent to an activating group) is 1. The van der Waals surface area contributed by atoms with Crippen LogP contribution in [-0.2, 0) is 0 Å². The van der Waals surface area contributed by atoms with Crippen LogP contribution >= 0.6 is 12.2 Å². The van der Waals surface area contributed by atoms with Crippen molar-refractivity contribution in [1.82, 2.24) is 0 Å². The van der Waals surface area contributed by atoms with Crippen LogP contribution in [0.4, 0.5) is 10.1 Å². The largest absolute Gasteiger partial charge is 0.393 e. The molecule has 2 rings (SSSR count). The van der Waals surface area contributed by atoms with Crippen LogP contribution in [0.25, 0.3) is 0 Å². The predicted molar refractivity (Wildman–Crippen MR) is 90.3 cm³/mol. The molecule has 0 heterocycles. The van der Waals surface area contributed by atoms with Gasteiger partial charge in [-0.15, -0.1) is 0 Å². The monoisotopic (exact) mass is 302 g/mol. The number of nitrogens with two attached hydrogens (primary N) is 1. The molecule has 0 aliphatic carbocycles. The minimum atomic E-state index is -0.228. The number of halogens is 1. The number of hydrogen-bond donors (Lipinski definition) is 1. The fourth-order valence-electron chi connectivity index (χ4n) is 2.37. The first-order valence-corrected chi connectivity index (χ1v) is 7.38. The Labute approximate surface area is 130 Å². The number of anilines is 1. The van der Waals surface area contributed by atoms with Crippen molar-refractivity contribution in [2.45, 2.75) is 12.8 Å². The van der Waals surface area contributed by atoms with Crippen molar-refractivity contribution in [1.29, 1.82) is 0 Å². The molecule has 0 aromatic heterocycles. The van der Waals surface area contributed by atoms with E-state index >= 15 is 0 Å². The molecule has 21 heavy (non-hydrogen) atoms. The Bertz CT molecular complexity index is 601. The lowest BCUT2D eigenvalue weighted by molar-refractivity contribution is 0.616. The van der Waals surface area contributed by atoms with E-state index in [0.29, 0.717) is 23.8 Å². The fraction of sp³-hybridized carbons (Fsp3) is 0.235. The molecule has 0 saturated heterocycles. The van der Waals surface area contributed by atoms with Crippen molar-refractivity contribution >= 4 is 22.9 Å². The zero-order valence-corrected chi connectivity index (χ0v) is 12.8. The van der Waals surface area contributed by atoms with Crippen LogP contribution in [0.1, 0.15) is 18.4 Å². The summed E-state index contributed by atoms with van der Waals surface area (Å²) in [6.07, 6.45) is 0. The molecule has 2 nitrogen and oxygen atoms in total. The lowest BCUT2D eigenvalue weighted by Gasteiger charge is -2.28. The Morgan fingerprint density at radius 1 is 1.14 bits per heavy atom. The van der Waals surface area contributed by atoms with Crippen LogP contribution in [0, 0.1) is 5.82 Å². The molecule has 0 radical (unpaired) electrons. The van der Waals surface area contributed by atoms with Gasteiger partial charge in [0.25, 0.3) is 0 Å². The van der Waals surface area contributed by atoms with Crippen molar-refractivity contribution in [3.8, 4) is 0 Å². The molecule has 0 fully saturated rings.